The summed E-state index contributed by atoms with van der Waals surface area (Å²) >= 11 is 0. The minimum absolute atomic E-state index is 0. The molecule has 0 saturated carbocycles. The van der Waals surface area contributed by atoms with Crippen molar-refractivity contribution in [1.29, 1.82) is 0 Å². The number of nitrogens with one attached hydrogen (secondary N) is 1. The number of benzene rings is 1. The van der Waals surface area contributed by atoms with Gasteiger partial charge in [0, 0.05) is 39.9 Å². The average Bonchev–Trinajstić information content (AvgIpc) is 2.54. The summed E-state index contributed by atoms with van der Waals surface area (Å²) in [6.45, 7) is 3.48. The number of carbonyl (C=O) groups excluding carboxylic acids is 1. The van der Waals surface area contributed by atoms with Crippen molar-refractivity contribution >= 4 is 5.78 Å². The minimum Gasteiger partial charge on any atom is -0.512 e. The molecule has 0 unspecified atom stereocenters. The van der Waals surface area contributed by atoms with Gasteiger partial charge in [0.15, 0.2) is 5.78 Å². The third kappa shape index (κ3) is 9.50. The smallest absolute Gasteiger partial charge is 0.399 e. The van der Waals surface area contributed by atoms with Gasteiger partial charge in [-0.3, -0.25) is 4.79 Å². The van der Waals surface area contributed by atoms with Gasteiger partial charge in [-0.2, -0.15) is 13.2 Å². The summed E-state index contributed by atoms with van der Waals surface area (Å²) in [5.41, 5.74) is 0.996. The standard InChI is InChI=1S/C14H12F3N2.C5H8O2.Pt/c1-18-9-10-5-6-19-13(7-10)11-3-2-4-12(8-11)14(15,16)17;1-4(6)3-5(2)7;/h2-7,18H,9H2,1H3;3,6H,1-2H3;/q-1;;/b;4-3-;. The van der Waals surface area contributed by atoms with Crippen LogP contribution in [0.15, 0.2) is 48.4 Å². The van der Waals surface area contributed by atoms with E-state index in [0.29, 0.717) is 17.8 Å². The maximum atomic E-state index is 12.6. The van der Waals surface area contributed by atoms with Crippen LogP contribution in [0, 0.1) is 6.07 Å². The summed E-state index contributed by atoms with van der Waals surface area (Å²) in [5.74, 6) is -0.0625. The summed E-state index contributed by atoms with van der Waals surface area (Å²) in [4.78, 5) is 14.1. The summed E-state index contributed by atoms with van der Waals surface area (Å²) in [6, 6.07) is 9.86. The molecule has 0 amide bonds. The molecule has 0 fully saturated rings. The molecule has 0 atom stereocenters. The maximum Gasteiger partial charge on any atom is 0.399 e. The first-order chi connectivity index (χ1) is 12.1. The molecular weight excluding hydrogens is 540 g/mol. The SMILES string of the molecule is CC(=O)/C=C(/C)O.CNCc1ccnc(-c2[c-]c(C(F)(F)F)ccc2)c1.[Pt]. The molecule has 0 aliphatic heterocycles. The molecule has 27 heavy (non-hydrogen) atoms. The maximum absolute atomic E-state index is 12.6. The number of rotatable bonds is 4. The van der Waals surface area contributed by atoms with Crippen molar-refractivity contribution in [3.05, 3.63) is 65.6 Å². The molecule has 1 heterocycles. The quantitative estimate of drug-likeness (QED) is 0.332. The Morgan fingerprint density at radius 1 is 1.30 bits per heavy atom. The van der Waals surface area contributed by atoms with E-state index in [2.05, 4.69) is 16.4 Å². The molecule has 8 heteroatoms. The number of aliphatic hydroxyl groups is 1. The molecule has 1 aromatic heterocycles. The van der Waals surface area contributed by atoms with Gasteiger partial charge in [-0.25, -0.2) is 0 Å². The van der Waals surface area contributed by atoms with Crippen LogP contribution in [0.25, 0.3) is 11.3 Å². The van der Waals surface area contributed by atoms with E-state index in [4.69, 9.17) is 5.11 Å². The normalized spacial score (nSPS) is 11.1. The molecule has 0 saturated heterocycles. The third-order valence-corrected chi connectivity index (χ3v) is 2.99. The van der Waals surface area contributed by atoms with E-state index in [-0.39, 0.29) is 32.6 Å². The first kappa shape index (κ1) is 25.0. The predicted molar refractivity (Wildman–Crippen MR) is 93.3 cm³/mol. The molecule has 0 aliphatic carbocycles. The zero-order chi connectivity index (χ0) is 19.7. The van der Waals surface area contributed by atoms with Crippen LogP contribution in [0.1, 0.15) is 25.0 Å². The largest absolute Gasteiger partial charge is 0.512 e. The monoisotopic (exact) mass is 560 g/mol. The van der Waals surface area contributed by atoms with Crippen LogP contribution in [0.3, 0.4) is 0 Å². The Kier molecular flexibility index (Phi) is 10.8. The van der Waals surface area contributed by atoms with Crippen LogP contribution in [0.2, 0.25) is 0 Å². The van der Waals surface area contributed by atoms with Crippen molar-refractivity contribution in [3.63, 3.8) is 0 Å². The molecule has 1 aromatic carbocycles. The Hall–Kier alpha value is -1.98. The van der Waals surface area contributed by atoms with Gasteiger partial charge in [0.05, 0.1) is 5.76 Å². The first-order valence-electron chi connectivity index (χ1n) is 7.70. The summed E-state index contributed by atoms with van der Waals surface area (Å²) in [5, 5.41) is 11.3. The number of hydrogen-bond donors (Lipinski definition) is 2. The first-order valence-corrected chi connectivity index (χ1v) is 7.70. The number of halogens is 3. The van der Waals surface area contributed by atoms with Crippen molar-refractivity contribution in [3.8, 4) is 11.3 Å². The van der Waals surface area contributed by atoms with Crippen LogP contribution >= 0.6 is 0 Å². The van der Waals surface area contributed by atoms with Gasteiger partial charge in [-0.15, -0.1) is 29.8 Å². The van der Waals surface area contributed by atoms with Gasteiger partial charge in [-0.05, 0) is 43.8 Å². The van der Waals surface area contributed by atoms with Crippen molar-refractivity contribution in [2.45, 2.75) is 26.6 Å². The number of aliphatic hydroxyl groups excluding tert-OH is 1. The Bertz CT molecular complexity index is 774. The van der Waals surface area contributed by atoms with Crippen molar-refractivity contribution < 1.29 is 44.1 Å². The number of aromatic nitrogens is 1. The molecule has 0 aliphatic rings. The van der Waals surface area contributed by atoms with Crippen LogP contribution in [0.4, 0.5) is 13.2 Å². The molecule has 0 spiro atoms. The van der Waals surface area contributed by atoms with E-state index < -0.39 is 11.7 Å². The van der Waals surface area contributed by atoms with Gasteiger partial charge < -0.3 is 15.4 Å². The van der Waals surface area contributed by atoms with Gasteiger partial charge >= 0.3 is 6.18 Å². The van der Waals surface area contributed by atoms with Gasteiger partial charge in [0.1, 0.15) is 0 Å². The summed E-state index contributed by atoms with van der Waals surface area (Å²) in [7, 11) is 1.80. The Morgan fingerprint density at radius 2 is 1.96 bits per heavy atom. The van der Waals surface area contributed by atoms with Crippen LogP contribution in [-0.4, -0.2) is 22.9 Å². The van der Waals surface area contributed by atoms with E-state index >= 15 is 0 Å². The van der Waals surface area contributed by atoms with Crippen LogP contribution < -0.4 is 5.32 Å². The molecule has 2 rings (SSSR count). The molecule has 150 valence electrons. The number of alkyl halides is 3. The number of allylic oxidation sites excluding steroid dienone is 2. The fourth-order valence-corrected chi connectivity index (χ4v) is 2.01. The van der Waals surface area contributed by atoms with Gasteiger partial charge in [0.2, 0.25) is 0 Å². The van der Waals surface area contributed by atoms with E-state index in [9.17, 15) is 18.0 Å². The fraction of sp³-hybridized carbons (Fsp3) is 0.263. The number of carbonyl (C=O) groups is 1. The zero-order valence-electron chi connectivity index (χ0n) is 15.0. The second kappa shape index (κ2) is 11.7. The fourth-order valence-electron chi connectivity index (χ4n) is 2.01. The Labute approximate surface area is 170 Å². The van der Waals surface area contributed by atoms with E-state index in [1.54, 1.807) is 25.4 Å². The zero-order valence-corrected chi connectivity index (χ0v) is 17.3. The second-order valence-electron chi connectivity index (χ2n) is 5.45. The Balaban J connectivity index is 0.000000728. The van der Waals surface area contributed by atoms with E-state index in [0.717, 1.165) is 11.6 Å². The average molecular weight is 560 g/mol. The summed E-state index contributed by atoms with van der Waals surface area (Å²) in [6.07, 6.45) is -1.64. The van der Waals surface area contributed by atoms with E-state index in [1.807, 2.05) is 6.07 Å². The molecule has 2 aromatic rings. The molecule has 2 N–H and O–H groups in total. The molecule has 0 bridgehead atoms. The minimum atomic E-state index is -4.39. The molecular formula is C19H20F3N2O2Pt-. The van der Waals surface area contributed by atoms with Crippen molar-refractivity contribution in [2.75, 3.05) is 7.05 Å². The third-order valence-electron chi connectivity index (χ3n) is 2.99. The second-order valence-corrected chi connectivity index (χ2v) is 5.45. The van der Waals surface area contributed by atoms with Gasteiger partial charge in [0.25, 0.3) is 0 Å². The van der Waals surface area contributed by atoms with Crippen molar-refractivity contribution in [2.24, 2.45) is 0 Å². The summed E-state index contributed by atoms with van der Waals surface area (Å²) < 4.78 is 37.9. The topological polar surface area (TPSA) is 62.2 Å². The molecule has 0 radical (unpaired) electrons. The Morgan fingerprint density at radius 3 is 2.44 bits per heavy atom. The predicted octanol–water partition coefficient (Wildman–Crippen LogP) is 4.32. The van der Waals surface area contributed by atoms with Crippen LogP contribution in [0.5, 0.6) is 0 Å². The van der Waals surface area contributed by atoms with E-state index in [1.165, 1.54) is 26.0 Å². The number of hydrogen-bond acceptors (Lipinski definition) is 4. The molecule has 4 nitrogen and oxygen atoms in total. The number of nitrogens with zero attached hydrogens (tertiary/aromatic N) is 1. The van der Waals surface area contributed by atoms with Crippen LogP contribution in [-0.2, 0) is 38.6 Å². The number of ketones is 1. The number of pyridine rings is 1. The van der Waals surface area contributed by atoms with Gasteiger partial charge in [-0.1, -0.05) is 6.07 Å². The van der Waals surface area contributed by atoms with Crippen molar-refractivity contribution in [1.82, 2.24) is 10.3 Å².